The first-order valence-electron chi connectivity index (χ1n) is 5.56. The first-order chi connectivity index (χ1) is 8.66. The summed E-state index contributed by atoms with van der Waals surface area (Å²) in [5.41, 5.74) is 1.62. The zero-order chi connectivity index (χ0) is 13.0. The van der Waals surface area contributed by atoms with Crippen LogP contribution in [0.3, 0.4) is 0 Å². The molecule has 0 saturated carbocycles. The number of aromatic nitrogens is 3. The van der Waals surface area contributed by atoms with Crippen LogP contribution >= 0.6 is 0 Å². The second-order valence-corrected chi connectivity index (χ2v) is 3.85. The van der Waals surface area contributed by atoms with Gasteiger partial charge in [-0.15, -0.1) is 10.2 Å². The van der Waals surface area contributed by atoms with Crippen molar-refractivity contribution in [3.05, 3.63) is 53.1 Å². The molecule has 5 nitrogen and oxygen atoms in total. The molecule has 18 heavy (non-hydrogen) atoms. The van der Waals surface area contributed by atoms with Crippen LogP contribution in [0.2, 0.25) is 0 Å². The smallest absolute Gasteiger partial charge is 0.361 e. The summed E-state index contributed by atoms with van der Waals surface area (Å²) in [6.45, 7) is 3.65. The van der Waals surface area contributed by atoms with E-state index in [1.54, 1.807) is 13.8 Å². The van der Waals surface area contributed by atoms with E-state index in [9.17, 15) is 4.79 Å². The van der Waals surface area contributed by atoms with Gasteiger partial charge < -0.3 is 4.74 Å². The predicted molar refractivity (Wildman–Crippen MR) is 64.9 cm³/mol. The van der Waals surface area contributed by atoms with Gasteiger partial charge in [0.2, 0.25) is 0 Å². The van der Waals surface area contributed by atoms with E-state index in [1.165, 1.54) is 0 Å². The summed E-state index contributed by atoms with van der Waals surface area (Å²) in [6.07, 6.45) is 0. The second-order valence-electron chi connectivity index (χ2n) is 3.85. The molecule has 2 aromatic rings. The molecule has 0 amide bonds. The molecule has 92 valence electrons. The number of ether oxygens (including phenoxy) is 1. The van der Waals surface area contributed by atoms with E-state index >= 15 is 0 Å². The van der Waals surface area contributed by atoms with E-state index in [1.807, 2.05) is 30.3 Å². The summed E-state index contributed by atoms with van der Waals surface area (Å²) >= 11 is 0. The zero-order valence-corrected chi connectivity index (χ0v) is 10.3. The van der Waals surface area contributed by atoms with Crippen LogP contribution in [0.5, 0.6) is 0 Å². The third kappa shape index (κ3) is 2.88. The Morgan fingerprint density at radius 3 is 2.56 bits per heavy atom. The summed E-state index contributed by atoms with van der Waals surface area (Å²) in [5, 5.41) is 7.56. The lowest BCUT2D eigenvalue weighted by Crippen LogP contribution is -2.12. The molecule has 1 aromatic carbocycles. The Balaban J connectivity index is 2.04. The van der Waals surface area contributed by atoms with Crippen molar-refractivity contribution in [2.24, 2.45) is 0 Å². The van der Waals surface area contributed by atoms with Crippen LogP contribution in [0.15, 0.2) is 30.3 Å². The molecule has 0 radical (unpaired) electrons. The molecule has 2 rings (SSSR count). The van der Waals surface area contributed by atoms with Crippen LogP contribution < -0.4 is 0 Å². The summed E-state index contributed by atoms with van der Waals surface area (Å²) in [5.74, 6) is 0.0310. The fourth-order valence-corrected chi connectivity index (χ4v) is 1.49. The third-order valence-electron chi connectivity index (χ3n) is 2.37. The topological polar surface area (TPSA) is 65.0 Å². The quantitative estimate of drug-likeness (QED) is 0.770. The molecule has 0 N–H and O–H groups in total. The molecule has 0 aliphatic carbocycles. The number of hydrogen-bond donors (Lipinski definition) is 0. The fourth-order valence-electron chi connectivity index (χ4n) is 1.49. The largest absolute Gasteiger partial charge is 0.456 e. The van der Waals surface area contributed by atoms with Gasteiger partial charge in [-0.2, -0.15) is 0 Å². The fraction of sp³-hybridized carbons (Fsp3) is 0.231. The molecule has 0 aliphatic heterocycles. The van der Waals surface area contributed by atoms with Crippen molar-refractivity contribution in [1.82, 2.24) is 15.2 Å². The molecule has 1 heterocycles. The summed E-state index contributed by atoms with van der Waals surface area (Å²) in [4.78, 5) is 15.9. The van der Waals surface area contributed by atoms with Crippen molar-refractivity contribution in [3.63, 3.8) is 0 Å². The van der Waals surface area contributed by atoms with Crippen molar-refractivity contribution >= 4 is 5.97 Å². The zero-order valence-electron chi connectivity index (χ0n) is 10.3. The predicted octanol–water partition coefficient (Wildman–Crippen LogP) is 1.85. The molecule has 0 fully saturated rings. The lowest BCUT2D eigenvalue weighted by Gasteiger charge is -2.05. The molecule has 0 spiro atoms. The highest BCUT2D eigenvalue weighted by molar-refractivity contribution is 5.88. The SMILES string of the molecule is Cc1nnc(C(=O)OCc2ccccc2)c(C)n1. The Kier molecular flexibility index (Phi) is 3.62. The van der Waals surface area contributed by atoms with Crippen molar-refractivity contribution in [1.29, 1.82) is 0 Å². The van der Waals surface area contributed by atoms with Gasteiger partial charge in [0.15, 0.2) is 5.69 Å². The number of carbonyl (C=O) groups excluding carboxylic acids is 1. The Bertz CT molecular complexity index is 555. The van der Waals surface area contributed by atoms with Gasteiger partial charge >= 0.3 is 5.97 Å². The van der Waals surface area contributed by atoms with E-state index in [-0.39, 0.29) is 12.3 Å². The van der Waals surface area contributed by atoms with Gasteiger partial charge in [-0.3, -0.25) is 0 Å². The van der Waals surface area contributed by atoms with Crippen molar-refractivity contribution in [2.75, 3.05) is 0 Å². The summed E-state index contributed by atoms with van der Waals surface area (Å²) < 4.78 is 5.15. The van der Waals surface area contributed by atoms with E-state index < -0.39 is 5.97 Å². The molecule has 0 aliphatic rings. The van der Waals surface area contributed by atoms with Gasteiger partial charge in [0.05, 0.1) is 5.69 Å². The molecule has 0 bridgehead atoms. The minimum absolute atomic E-state index is 0.163. The minimum Gasteiger partial charge on any atom is -0.456 e. The number of esters is 1. The number of rotatable bonds is 3. The lowest BCUT2D eigenvalue weighted by molar-refractivity contribution is 0.0462. The number of aryl methyl sites for hydroxylation is 2. The van der Waals surface area contributed by atoms with Gasteiger partial charge in [-0.1, -0.05) is 30.3 Å². The normalized spacial score (nSPS) is 10.1. The highest BCUT2D eigenvalue weighted by atomic mass is 16.5. The summed E-state index contributed by atoms with van der Waals surface area (Å²) in [6, 6.07) is 9.46. The van der Waals surface area contributed by atoms with E-state index in [0.717, 1.165) is 5.56 Å². The maximum Gasteiger partial charge on any atom is 0.361 e. The Morgan fingerprint density at radius 2 is 1.89 bits per heavy atom. The third-order valence-corrected chi connectivity index (χ3v) is 2.37. The Morgan fingerprint density at radius 1 is 1.17 bits per heavy atom. The molecule has 0 atom stereocenters. The lowest BCUT2D eigenvalue weighted by atomic mass is 10.2. The standard InChI is InChI=1S/C13H13N3O2/c1-9-12(16-15-10(2)14-9)13(17)18-8-11-6-4-3-5-7-11/h3-7H,8H2,1-2H3. The van der Waals surface area contributed by atoms with Gasteiger partial charge in [0.25, 0.3) is 0 Å². The van der Waals surface area contributed by atoms with Crippen LogP contribution in [-0.4, -0.2) is 21.2 Å². The van der Waals surface area contributed by atoms with Crippen molar-refractivity contribution < 1.29 is 9.53 Å². The first-order valence-corrected chi connectivity index (χ1v) is 5.56. The monoisotopic (exact) mass is 243 g/mol. The highest BCUT2D eigenvalue weighted by Crippen LogP contribution is 2.06. The Labute approximate surface area is 105 Å². The average molecular weight is 243 g/mol. The maximum absolute atomic E-state index is 11.8. The van der Waals surface area contributed by atoms with E-state index in [0.29, 0.717) is 11.5 Å². The molecule has 0 unspecified atom stereocenters. The van der Waals surface area contributed by atoms with Gasteiger partial charge in [-0.05, 0) is 19.4 Å². The molecular formula is C13H13N3O2. The van der Waals surface area contributed by atoms with Crippen LogP contribution in [0.4, 0.5) is 0 Å². The van der Waals surface area contributed by atoms with Crippen molar-refractivity contribution in [2.45, 2.75) is 20.5 Å². The number of carbonyl (C=O) groups is 1. The van der Waals surface area contributed by atoms with Crippen LogP contribution in [0.1, 0.15) is 27.6 Å². The molecule has 1 aromatic heterocycles. The second kappa shape index (κ2) is 5.35. The maximum atomic E-state index is 11.8. The van der Waals surface area contributed by atoms with E-state index in [2.05, 4.69) is 15.2 Å². The molecular weight excluding hydrogens is 230 g/mol. The van der Waals surface area contributed by atoms with Crippen LogP contribution in [-0.2, 0) is 11.3 Å². The molecule has 0 saturated heterocycles. The van der Waals surface area contributed by atoms with Crippen molar-refractivity contribution in [3.8, 4) is 0 Å². The van der Waals surface area contributed by atoms with Gasteiger partial charge in [-0.25, -0.2) is 9.78 Å². The Hall–Kier alpha value is -2.30. The number of nitrogens with zero attached hydrogens (tertiary/aromatic N) is 3. The minimum atomic E-state index is -0.503. The van der Waals surface area contributed by atoms with Gasteiger partial charge in [0.1, 0.15) is 12.4 Å². The first kappa shape index (κ1) is 12.2. The average Bonchev–Trinajstić information content (AvgIpc) is 2.37. The van der Waals surface area contributed by atoms with Gasteiger partial charge in [0, 0.05) is 0 Å². The number of hydrogen-bond acceptors (Lipinski definition) is 5. The number of benzene rings is 1. The molecule has 5 heteroatoms. The summed E-state index contributed by atoms with van der Waals surface area (Å²) in [7, 11) is 0. The van der Waals surface area contributed by atoms with Crippen LogP contribution in [0, 0.1) is 13.8 Å². The highest BCUT2D eigenvalue weighted by Gasteiger charge is 2.14. The van der Waals surface area contributed by atoms with Crippen LogP contribution in [0.25, 0.3) is 0 Å². The van der Waals surface area contributed by atoms with E-state index in [4.69, 9.17) is 4.74 Å².